The fourth-order valence-corrected chi connectivity index (χ4v) is 2.52. The molecule has 0 amide bonds. The second kappa shape index (κ2) is 4.40. The maximum Gasteiger partial charge on any atom is 0.188 e. The highest BCUT2D eigenvalue weighted by Crippen LogP contribution is 2.39. The second-order valence-electron chi connectivity index (χ2n) is 4.81. The summed E-state index contributed by atoms with van der Waals surface area (Å²) in [7, 11) is 0. The standard InChI is InChI=1S/C12H16N2O4/c13-17-11-2-1-8(5-10(11)15)9-6-12(18-14-9)3-4-16-7-12/h1-2,5,9,14-15H,3-4,6-7,13H2. The van der Waals surface area contributed by atoms with Crippen LogP contribution in [0.4, 0.5) is 0 Å². The van der Waals surface area contributed by atoms with E-state index in [0.29, 0.717) is 6.61 Å². The van der Waals surface area contributed by atoms with E-state index < -0.39 is 0 Å². The summed E-state index contributed by atoms with van der Waals surface area (Å²) in [4.78, 5) is 10.2. The summed E-state index contributed by atoms with van der Waals surface area (Å²) in [5.74, 6) is 5.32. The van der Waals surface area contributed by atoms with Crippen molar-refractivity contribution in [2.75, 3.05) is 13.2 Å². The molecule has 0 aliphatic carbocycles. The minimum Gasteiger partial charge on any atom is -0.504 e. The van der Waals surface area contributed by atoms with Gasteiger partial charge in [0, 0.05) is 19.4 Å². The van der Waals surface area contributed by atoms with Crippen molar-refractivity contribution < 1.29 is 19.5 Å². The molecule has 6 heteroatoms. The van der Waals surface area contributed by atoms with Crippen LogP contribution in [0.2, 0.25) is 0 Å². The highest BCUT2D eigenvalue weighted by atomic mass is 16.7. The van der Waals surface area contributed by atoms with Gasteiger partial charge in [0.2, 0.25) is 0 Å². The lowest BCUT2D eigenvalue weighted by Gasteiger charge is -2.17. The maximum atomic E-state index is 9.71. The zero-order valence-corrected chi connectivity index (χ0v) is 9.89. The first-order valence-electron chi connectivity index (χ1n) is 5.93. The molecule has 2 fully saturated rings. The molecule has 0 aromatic heterocycles. The Kier molecular flexibility index (Phi) is 2.87. The van der Waals surface area contributed by atoms with Crippen molar-refractivity contribution in [3.8, 4) is 11.5 Å². The van der Waals surface area contributed by atoms with Crippen LogP contribution < -0.4 is 16.2 Å². The van der Waals surface area contributed by atoms with Crippen LogP contribution in [0.25, 0.3) is 0 Å². The van der Waals surface area contributed by atoms with E-state index in [1.165, 1.54) is 0 Å². The Balaban J connectivity index is 1.78. The van der Waals surface area contributed by atoms with Gasteiger partial charge >= 0.3 is 0 Å². The molecular weight excluding hydrogens is 236 g/mol. The molecule has 2 saturated heterocycles. The molecule has 0 saturated carbocycles. The Hall–Kier alpha value is -1.34. The molecule has 0 bridgehead atoms. The van der Waals surface area contributed by atoms with Gasteiger partial charge in [0.15, 0.2) is 11.5 Å². The van der Waals surface area contributed by atoms with Gasteiger partial charge in [-0.25, -0.2) is 0 Å². The van der Waals surface area contributed by atoms with Gasteiger partial charge in [-0.15, -0.1) is 0 Å². The van der Waals surface area contributed by atoms with E-state index in [4.69, 9.17) is 15.5 Å². The summed E-state index contributed by atoms with van der Waals surface area (Å²) in [5, 5.41) is 9.71. The van der Waals surface area contributed by atoms with E-state index in [2.05, 4.69) is 10.3 Å². The predicted octanol–water partition coefficient (Wildman–Crippen LogP) is 0.770. The van der Waals surface area contributed by atoms with E-state index in [1.54, 1.807) is 12.1 Å². The van der Waals surface area contributed by atoms with E-state index >= 15 is 0 Å². The number of hydrogen-bond donors (Lipinski definition) is 3. The molecule has 18 heavy (non-hydrogen) atoms. The molecule has 98 valence electrons. The zero-order chi connectivity index (χ0) is 12.6. The van der Waals surface area contributed by atoms with E-state index in [0.717, 1.165) is 25.0 Å². The summed E-state index contributed by atoms with van der Waals surface area (Å²) in [6.45, 7) is 1.35. The first-order chi connectivity index (χ1) is 8.72. The first kappa shape index (κ1) is 11.7. The number of nitrogens with one attached hydrogen (secondary N) is 1. The van der Waals surface area contributed by atoms with Crippen LogP contribution in [0, 0.1) is 0 Å². The largest absolute Gasteiger partial charge is 0.504 e. The van der Waals surface area contributed by atoms with Crippen LogP contribution in [0.5, 0.6) is 11.5 Å². The van der Waals surface area contributed by atoms with Crippen molar-refractivity contribution in [3.05, 3.63) is 23.8 Å². The van der Waals surface area contributed by atoms with Crippen molar-refractivity contribution in [2.45, 2.75) is 24.5 Å². The first-order valence-corrected chi connectivity index (χ1v) is 5.93. The molecule has 0 radical (unpaired) electrons. The van der Waals surface area contributed by atoms with Gasteiger partial charge in [0.1, 0.15) is 5.60 Å². The van der Waals surface area contributed by atoms with Crippen molar-refractivity contribution in [3.63, 3.8) is 0 Å². The van der Waals surface area contributed by atoms with Crippen LogP contribution in [-0.2, 0) is 9.57 Å². The average Bonchev–Trinajstić information content (AvgIpc) is 3.00. The Morgan fingerprint density at radius 3 is 3.06 bits per heavy atom. The summed E-state index contributed by atoms with van der Waals surface area (Å²) >= 11 is 0. The average molecular weight is 252 g/mol. The van der Waals surface area contributed by atoms with Gasteiger partial charge in [-0.05, 0) is 17.7 Å². The minimum atomic E-state index is -0.219. The molecular formula is C12H16N2O4. The third kappa shape index (κ3) is 1.93. The van der Waals surface area contributed by atoms with Crippen LogP contribution in [0.3, 0.4) is 0 Å². The molecule has 6 nitrogen and oxygen atoms in total. The normalized spacial score (nSPS) is 31.1. The summed E-state index contributed by atoms with van der Waals surface area (Å²) < 4.78 is 5.38. The number of hydroxylamine groups is 1. The zero-order valence-electron chi connectivity index (χ0n) is 9.89. The molecule has 2 aliphatic rings. The number of phenols is 1. The molecule has 1 aromatic rings. The van der Waals surface area contributed by atoms with Gasteiger partial charge < -0.3 is 14.7 Å². The van der Waals surface area contributed by atoms with Gasteiger partial charge in [0.05, 0.1) is 12.6 Å². The smallest absolute Gasteiger partial charge is 0.188 e. The number of nitrogens with two attached hydrogens (primary N) is 1. The summed E-state index contributed by atoms with van der Waals surface area (Å²) in [6.07, 6.45) is 1.72. The Bertz CT molecular complexity index is 446. The van der Waals surface area contributed by atoms with E-state index in [9.17, 15) is 5.11 Å². The third-order valence-corrected chi connectivity index (χ3v) is 3.57. The quantitative estimate of drug-likeness (QED) is 0.674. The van der Waals surface area contributed by atoms with Crippen LogP contribution in [0.15, 0.2) is 18.2 Å². The highest BCUT2D eigenvalue weighted by Gasteiger charge is 2.44. The molecule has 2 heterocycles. The Labute approximate surface area is 105 Å². The van der Waals surface area contributed by atoms with Crippen LogP contribution in [-0.4, -0.2) is 23.9 Å². The van der Waals surface area contributed by atoms with Gasteiger partial charge in [-0.1, -0.05) is 6.07 Å². The number of phenolic OH excluding ortho intramolecular Hbond substituents is 1. The minimum absolute atomic E-state index is 0.0282. The number of hydrogen-bond acceptors (Lipinski definition) is 6. The maximum absolute atomic E-state index is 9.71. The summed E-state index contributed by atoms with van der Waals surface area (Å²) in [6, 6.07) is 5.18. The van der Waals surface area contributed by atoms with Gasteiger partial charge in [-0.3, -0.25) is 4.84 Å². The summed E-state index contributed by atoms with van der Waals surface area (Å²) in [5.41, 5.74) is 3.73. The number of aromatic hydroxyl groups is 1. The topological polar surface area (TPSA) is 86.0 Å². The molecule has 3 rings (SSSR count). The highest BCUT2D eigenvalue weighted by molar-refractivity contribution is 5.42. The lowest BCUT2D eigenvalue weighted by atomic mass is 9.92. The molecule has 1 spiro atoms. The van der Waals surface area contributed by atoms with E-state index in [1.807, 2.05) is 6.07 Å². The monoisotopic (exact) mass is 252 g/mol. The second-order valence-corrected chi connectivity index (χ2v) is 4.81. The fourth-order valence-electron chi connectivity index (χ4n) is 2.52. The molecule has 1 aromatic carbocycles. The number of benzene rings is 1. The molecule has 4 N–H and O–H groups in total. The number of ether oxygens (including phenoxy) is 1. The molecule has 2 atom stereocenters. The van der Waals surface area contributed by atoms with Crippen LogP contribution >= 0.6 is 0 Å². The van der Waals surface area contributed by atoms with Gasteiger partial charge in [-0.2, -0.15) is 11.4 Å². The SMILES string of the molecule is NOc1ccc(C2CC3(CCOC3)ON2)cc1O. The third-order valence-electron chi connectivity index (χ3n) is 3.57. The lowest BCUT2D eigenvalue weighted by Crippen LogP contribution is -2.29. The van der Waals surface area contributed by atoms with Crippen molar-refractivity contribution in [2.24, 2.45) is 5.90 Å². The molecule has 2 unspecified atom stereocenters. The van der Waals surface area contributed by atoms with E-state index in [-0.39, 0.29) is 23.1 Å². The van der Waals surface area contributed by atoms with Crippen molar-refractivity contribution in [1.82, 2.24) is 5.48 Å². The van der Waals surface area contributed by atoms with Crippen molar-refractivity contribution >= 4 is 0 Å². The van der Waals surface area contributed by atoms with Gasteiger partial charge in [0.25, 0.3) is 0 Å². The van der Waals surface area contributed by atoms with Crippen LogP contribution in [0.1, 0.15) is 24.4 Å². The molecule has 2 aliphatic heterocycles. The lowest BCUT2D eigenvalue weighted by molar-refractivity contribution is -0.0582. The Morgan fingerprint density at radius 1 is 1.50 bits per heavy atom. The Morgan fingerprint density at radius 2 is 2.39 bits per heavy atom. The number of rotatable bonds is 2. The van der Waals surface area contributed by atoms with Crippen molar-refractivity contribution in [1.29, 1.82) is 0 Å². The predicted molar refractivity (Wildman–Crippen MR) is 62.7 cm³/mol. The fraction of sp³-hybridized carbons (Fsp3) is 0.500.